The molecule has 0 amide bonds. The maximum absolute atomic E-state index is 10.8. The van der Waals surface area contributed by atoms with Crippen LogP contribution in [0.3, 0.4) is 0 Å². The van der Waals surface area contributed by atoms with Crippen molar-refractivity contribution < 1.29 is 9.84 Å². The first-order valence-corrected chi connectivity index (χ1v) is 11.0. The molecule has 154 valence electrons. The molecule has 2 N–H and O–H groups in total. The zero-order valence-electron chi connectivity index (χ0n) is 18.2. The van der Waals surface area contributed by atoms with Gasteiger partial charge in [-0.05, 0) is 70.3 Å². The minimum Gasteiger partial charge on any atom is -0.356 e. The summed E-state index contributed by atoms with van der Waals surface area (Å²) in [5.41, 5.74) is -0.141. The van der Waals surface area contributed by atoms with E-state index in [0.29, 0.717) is 18.0 Å². The van der Waals surface area contributed by atoms with Crippen LogP contribution < -0.4 is 5.32 Å². The van der Waals surface area contributed by atoms with Crippen LogP contribution >= 0.6 is 0 Å². The summed E-state index contributed by atoms with van der Waals surface area (Å²) in [6, 6.07) is 1.03. The van der Waals surface area contributed by atoms with Crippen molar-refractivity contribution in [2.45, 2.75) is 117 Å². The van der Waals surface area contributed by atoms with Gasteiger partial charge in [-0.3, -0.25) is 4.90 Å². The van der Waals surface area contributed by atoms with E-state index in [1.165, 1.54) is 25.7 Å². The van der Waals surface area contributed by atoms with E-state index in [0.717, 1.165) is 38.8 Å². The lowest BCUT2D eigenvalue weighted by atomic mass is 9.81. The van der Waals surface area contributed by atoms with Crippen LogP contribution in [0.25, 0.3) is 0 Å². The number of aliphatic hydroxyl groups is 1. The van der Waals surface area contributed by atoms with Gasteiger partial charge in [-0.25, -0.2) is 0 Å². The van der Waals surface area contributed by atoms with Crippen LogP contribution in [-0.4, -0.2) is 47.2 Å². The van der Waals surface area contributed by atoms with Gasteiger partial charge < -0.3 is 15.2 Å². The van der Waals surface area contributed by atoms with Gasteiger partial charge in [0, 0.05) is 18.6 Å². The molecule has 2 saturated heterocycles. The van der Waals surface area contributed by atoms with Gasteiger partial charge in [0.15, 0.2) is 0 Å². The van der Waals surface area contributed by atoms with Crippen molar-refractivity contribution in [2.75, 3.05) is 13.1 Å². The maximum Gasteiger partial charge on any atom is 0.216 e. The third-order valence-corrected chi connectivity index (χ3v) is 6.49. The molecule has 26 heavy (non-hydrogen) atoms. The summed E-state index contributed by atoms with van der Waals surface area (Å²) in [5, 5.41) is 14.5. The van der Waals surface area contributed by atoms with Crippen molar-refractivity contribution in [2.24, 2.45) is 11.3 Å². The number of nitrogens with zero attached hydrogens (tertiary/aromatic N) is 1. The molecule has 4 heteroatoms. The number of likely N-dealkylation sites (tertiary alicyclic amines) is 1. The van der Waals surface area contributed by atoms with Gasteiger partial charge >= 0.3 is 0 Å². The minimum absolute atomic E-state index is 0.163. The molecule has 0 bridgehead atoms. The molecule has 2 heterocycles. The summed E-state index contributed by atoms with van der Waals surface area (Å²) < 4.78 is 6.20. The molecule has 2 fully saturated rings. The van der Waals surface area contributed by atoms with Crippen LogP contribution in [0.2, 0.25) is 0 Å². The molecule has 2 aliphatic rings. The largest absolute Gasteiger partial charge is 0.356 e. The minimum atomic E-state index is -0.794. The molecule has 0 aliphatic carbocycles. The number of rotatable bonds is 7. The molecule has 4 unspecified atom stereocenters. The number of hydrogen-bond donors (Lipinski definition) is 2. The molecule has 0 saturated carbocycles. The first-order chi connectivity index (χ1) is 12.1. The van der Waals surface area contributed by atoms with Crippen molar-refractivity contribution in [1.29, 1.82) is 0 Å². The fourth-order valence-corrected chi connectivity index (χ4v) is 4.70. The molecular formula is C22H44N2O2. The first kappa shape index (κ1) is 22.1. The summed E-state index contributed by atoms with van der Waals surface area (Å²) in [7, 11) is 0. The number of hydrogen-bond acceptors (Lipinski definition) is 4. The predicted molar refractivity (Wildman–Crippen MR) is 109 cm³/mol. The topological polar surface area (TPSA) is 44.7 Å². The van der Waals surface area contributed by atoms with Gasteiger partial charge in [-0.2, -0.15) is 0 Å². The Labute approximate surface area is 162 Å². The van der Waals surface area contributed by atoms with Crippen LogP contribution in [0.5, 0.6) is 0 Å². The fraction of sp³-hybridized carbons (Fsp3) is 1.00. The third kappa shape index (κ3) is 6.47. The lowest BCUT2D eigenvalue weighted by Gasteiger charge is -2.46. The van der Waals surface area contributed by atoms with E-state index in [9.17, 15) is 5.11 Å². The number of piperidine rings is 2. The highest BCUT2D eigenvalue weighted by molar-refractivity contribution is 4.87. The van der Waals surface area contributed by atoms with Gasteiger partial charge in [0.05, 0.1) is 5.60 Å². The smallest absolute Gasteiger partial charge is 0.216 e. The van der Waals surface area contributed by atoms with E-state index in [1.807, 2.05) is 0 Å². The highest BCUT2D eigenvalue weighted by Gasteiger charge is 2.38. The first-order valence-electron chi connectivity index (χ1n) is 11.0. The quantitative estimate of drug-likeness (QED) is 0.649. The van der Waals surface area contributed by atoms with Crippen molar-refractivity contribution in [3.05, 3.63) is 0 Å². The summed E-state index contributed by atoms with van der Waals surface area (Å²) >= 11 is 0. The molecule has 0 aromatic carbocycles. The summed E-state index contributed by atoms with van der Waals surface area (Å²) in [6.07, 6.45) is 8.84. The second kappa shape index (κ2) is 9.36. The third-order valence-electron chi connectivity index (χ3n) is 6.49. The summed E-state index contributed by atoms with van der Waals surface area (Å²) in [6.45, 7) is 15.5. The molecule has 4 nitrogen and oxygen atoms in total. The second-order valence-corrected chi connectivity index (χ2v) is 10.4. The van der Waals surface area contributed by atoms with Crippen molar-refractivity contribution >= 4 is 0 Å². The standard InChI is InChI=1S/C22H44N2O2/c1-17(18-11-7-9-15-23-18)13-14-22(5,6)26-20(25)24-16-10-8-12-19(24)21(2,3)4/h17-20,23,25H,7-16H2,1-6H3. The van der Waals surface area contributed by atoms with Crippen LogP contribution in [0.15, 0.2) is 0 Å². The molecule has 0 spiro atoms. The van der Waals surface area contributed by atoms with Crippen molar-refractivity contribution in [3.63, 3.8) is 0 Å². The molecule has 4 atom stereocenters. The van der Waals surface area contributed by atoms with Gasteiger partial charge in [0.25, 0.3) is 0 Å². The van der Waals surface area contributed by atoms with Crippen molar-refractivity contribution in [3.8, 4) is 0 Å². The fourth-order valence-electron chi connectivity index (χ4n) is 4.70. The Morgan fingerprint density at radius 1 is 1.08 bits per heavy atom. The zero-order valence-corrected chi connectivity index (χ0v) is 18.2. The molecular weight excluding hydrogens is 324 g/mol. The van der Waals surface area contributed by atoms with E-state index in [2.05, 4.69) is 51.8 Å². The average Bonchev–Trinajstić information content (AvgIpc) is 2.59. The molecule has 2 aliphatic heterocycles. The van der Waals surface area contributed by atoms with Gasteiger partial charge in [0.1, 0.15) is 0 Å². The Hall–Kier alpha value is -0.160. The number of aliphatic hydroxyl groups excluding tert-OH is 1. The Bertz CT molecular complexity index is 413. The second-order valence-electron chi connectivity index (χ2n) is 10.4. The molecule has 0 aromatic heterocycles. The lowest BCUT2D eigenvalue weighted by molar-refractivity contribution is -0.265. The number of nitrogens with one attached hydrogen (secondary N) is 1. The van der Waals surface area contributed by atoms with E-state index in [-0.39, 0.29) is 11.0 Å². The highest BCUT2D eigenvalue weighted by Crippen LogP contribution is 2.34. The van der Waals surface area contributed by atoms with Gasteiger partial charge in [0.2, 0.25) is 6.41 Å². The number of ether oxygens (including phenoxy) is 1. The Kier molecular flexibility index (Phi) is 7.97. The summed E-state index contributed by atoms with van der Waals surface area (Å²) in [4.78, 5) is 2.19. The molecule has 0 radical (unpaired) electrons. The maximum atomic E-state index is 10.8. The Balaban J connectivity index is 1.86. The lowest BCUT2D eigenvalue weighted by Crippen LogP contribution is -2.54. The van der Waals surface area contributed by atoms with Gasteiger partial charge in [-0.1, -0.05) is 40.5 Å². The monoisotopic (exact) mass is 368 g/mol. The van der Waals surface area contributed by atoms with Crippen LogP contribution in [0.4, 0.5) is 0 Å². The zero-order chi connectivity index (χ0) is 19.4. The average molecular weight is 369 g/mol. The Morgan fingerprint density at radius 2 is 1.77 bits per heavy atom. The van der Waals surface area contributed by atoms with Crippen LogP contribution in [0.1, 0.15) is 92.9 Å². The van der Waals surface area contributed by atoms with Crippen LogP contribution in [-0.2, 0) is 4.74 Å². The SMILES string of the molecule is CC(CCC(C)(C)OC(O)N1CCCCC1C(C)(C)C)C1CCCCN1. The Morgan fingerprint density at radius 3 is 2.38 bits per heavy atom. The predicted octanol–water partition coefficient (Wildman–Crippen LogP) is 4.52. The highest BCUT2D eigenvalue weighted by atomic mass is 16.6. The van der Waals surface area contributed by atoms with E-state index < -0.39 is 6.41 Å². The van der Waals surface area contributed by atoms with Crippen LogP contribution in [0, 0.1) is 11.3 Å². The molecule has 0 aromatic rings. The van der Waals surface area contributed by atoms with Crippen molar-refractivity contribution in [1.82, 2.24) is 10.2 Å². The molecule has 2 rings (SSSR count). The van der Waals surface area contributed by atoms with E-state index in [4.69, 9.17) is 4.74 Å². The van der Waals surface area contributed by atoms with Gasteiger partial charge in [-0.15, -0.1) is 0 Å². The summed E-state index contributed by atoms with van der Waals surface area (Å²) in [5.74, 6) is 0.660. The van der Waals surface area contributed by atoms with E-state index >= 15 is 0 Å². The van der Waals surface area contributed by atoms with E-state index in [1.54, 1.807) is 0 Å². The normalized spacial score (nSPS) is 28.7.